The van der Waals surface area contributed by atoms with Gasteiger partial charge in [0, 0.05) is 21.7 Å². The third-order valence-corrected chi connectivity index (χ3v) is 3.82. The summed E-state index contributed by atoms with van der Waals surface area (Å²) in [7, 11) is 3.41. The highest BCUT2D eigenvalue weighted by atomic mass is 35.5. The zero-order valence-corrected chi connectivity index (χ0v) is 13.3. The molecule has 0 spiro atoms. The molecule has 0 fully saturated rings. The molecule has 2 rings (SSSR count). The molecular weight excluding hydrogens is 312 g/mol. The van der Waals surface area contributed by atoms with E-state index in [1.54, 1.807) is 25.3 Å². The first-order valence-electron chi connectivity index (χ1n) is 6.49. The van der Waals surface area contributed by atoms with Gasteiger partial charge in [0.25, 0.3) is 0 Å². The van der Waals surface area contributed by atoms with Crippen molar-refractivity contribution in [2.24, 2.45) is 0 Å². The van der Waals surface area contributed by atoms with Crippen molar-refractivity contribution < 1.29 is 9.13 Å². The summed E-state index contributed by atoms with van der Waals surface area (Å²) in [6.45, 7) is 0. The fourth-order valence-corrected chi connectivity index (χ4v) is 2.64. The SMILES string of the molecule is CNC(Cc1cc(Cl)ccc1F)c1cc(Cl)ccc1OC. The summed E-state index contributed by atoms with van der Waals surface area (Å²) < 4.78 is 19.3. The van der Waals surface area contributed by atoms with Crippen LogP contribution in [0.2, 0.25) is 10.0 Å². The number of hydrogen-bond acceptors (Lipinski definition) is 2. The molecule has 1 unspecified atom stereocenters. The Morgan fingerprint density at radius 1 is 1.14 bits per heavy atom. The van der Waals surface area contributed by atoms with Crippen molar-refractivity contribution in [2.75, 3.05) is 14.2 Å². The minimum absolute atomic E-state index is 0.133. The van der Waals surface area contributed by atoms with E-state index >= 15 is 0 Å². The van der Waals surface area contributed by atoms with Crippen molar-refractivity contribution in [1.82, 2.24) is 5.32 Å². The van der Waals surface area contributed by atoms with Crippen LogP contribution in [0.25, 0.3) is 0 Å². The fourth-order valence-electron chi connectivity index (χ4n) is 2.26. The molecule has 0 saturated heterocycles. The van der Waals surface area contributed by atoms with Gasteiger partial charge in [-0.15, -0.1) is 0 Å². The second-order valence-electron chi connectivity index (χ2n) is 4.67. The Kier molecular flexibility index (Phi) is 5.45. The molecule has 0 aromatic heterocycles. The number of halogens is 3. The van der Waals surface area contributed by atoms with Gasteiger partial charge in [-0.25, -0.2) is 4.39 Å². The quantitative estimate of drug-likeness (QED) is 0.863. The van der Waals surface area contributed by atoms with Gasteiger partial charge in [0.2, 0.25) is 0 Å². The predicted molar refractivity (Wildman–Crippen MR) is 84.9 cm³/mol. The van der Waals surface area contributed by atoms with Crippen LogP contribution in [0.4, 0.5) is 4.39 Å². The molecule has 2 nitrogen and oxygen atoms in total. The van der Waals surface area contributed by atoms with Gasteiger partial charge in [0.1, 0.15) is 11.6 Å². The molecule has 21 heavy (non-hydrogen) atoms. The van der Waals surface area contributed by atoms with E-state index in [9.17, 15) is 4.39 Å². The Morgan fingerprint density at radius 2 is 1.81 bits per heavy atom. The van der Waals surface area contributed by atoms with E-state index < -0.39 is 0 Å². The first kappa shape index (κ1) is 16.1. The molecule has 1 atom stereocenters. The van der Waals surface area contributed by atoms with Gasteiger partial charge in [0.15, 0.2) is 0 Å². The van der Waals surface area contributed by atoms with Crippen molar-refractivity contribution in [3.05, 3.63) is 63.4 Å². The molecule has 0 aliphatic carbocycles. The van der Waals surface area contributed by atoms with Crippen LogP contribution in [0.15, 0.2) is 36.4 Å². The average Bonchev–Trinajstić information content (AvgIpc) is 2.48. The molecule has 5 heteroatoms. The maximum Gasteiger partial charge on any atom is 0.126 e. The highest BCUT2D eigenvalue weighted by Gasteiger charge is 2.17. The number of rotatable bonds is 5. The fraction of sp³-hybridized carbons (Fsp3) is 0.250. The Hall–Kier alpha value is -1.29. The van der Waals surface area contributed by atoms with Crippen LogP contribution >= 0.6 is 23.2 Å². The maximum absolute atomic E-state index is 13.9. The molecule has 0 amide bonds. The first-order valence-corrected chi connectivity index (χ1v) is 7.25. The maximum atomic E-state index is 13.9. The molecule has 2 aromatic rings. The van der Waals surface area contributed by atoms with E-state index in [1.165, 1.54) is 12.1 Å². The lowest BCUT2D eigenvalue weighted by atomic mass is 9.98. The molecule has 0 aliphatic rings. The summed E-state index contributed by atoms with van der Waals surface area (Å²) in [5, 5.41) is 4.29. The minimum atomic E-state index is -0.277. The third-order valence-electron chi connectivity index (χ3n) is 3.35. The second kappa shape index (κ2) is 7.12. The van der Waals surface area contributed by atoms with Crippen molar-refractivity contribution in [1.29, 1.82) is 0 Å². The predicted octanol–water partition coefficient (Wildman–Crippen LogP) is 4.64. The lowest BCUT2D eigenvalue weighted by Gasteiger charge is -2.20. The van der Waals surface area contributed by atoms with Crippen LogP contribution in [0.3, 0.4) is 0 Å². The first-order chi connectivity index (χ1) is 10.0. The molecule has 0 aliphatic heterocycles. The zero-order valence-electron chi connectivity index (χ0n) is 11.8. The summed E-state index contributed by atoms with van der Waals surface area (Å²) in [5.74, 6) is 0.432. The highest BCUT2D eigenvalue weighted by Crippen LogP contribution is 2.31. The smallest absolute Gasteiger partial charge is 0.126 e. The van der Waals surface area contributed by atoms with Crippen molar-refractivity contribution >= 4 is 23.2 Å². The Morgan fingerprint density at radius 3 is 2.48 bits per heavy atom. The summed E-state index contributed by atoms with van der Waals surface area (Å²) in [6.07, 6.45) is 0.444. The largest absolute Gasteiger partial charge is 0.496 e. The van der Waals surface area contributed by atoms with E-state index in [0.29, 0.717) is 27.8 Å². The van der Waals surface area contributed by atoms with E-state index in [4.69, 9.17) is 27.9 Å². The standard InChI is InChI=1S/C16H16Cl2FNO/c1-20-15(8-10-7-11(17)3-5-14(10)19)13-9-12(18)4-6-16(13)21-2/h3-7,9,15,20H,8H2,1-2H3. The number of nitrogens with one attached hydrogen (secondary N) is 1. The second-order valence-corrected chi connectivity index (χ2v) is 5.54. The van der Waals surface area contributed by atoms with Crippen LogP contribution in [0.5, 0.6) is 5.75 Å². The van der Waals surface area contributed by atoms with Crippen LogP contribution in [0, 0.1) is 5.82 Å². The van der Waals surface area contributed by atoms with Gasteiger partial charge >= 0.3 is 0 Å². The number of methoxy groups -OCH3 is 1. The van der Waals surface area contributed by atoms with Crippen LogP contribution in [0.1, 0.15) is 17.2 Å². The van der Waals surface area contributed by atoms with Crippen LogP contribution in [-0.2, 0) is 6.42 Å². The van der Waals surface area contributed by atoms with E-state index in [0.717, 1.165) is 5.56 Å². The summed E-state index contributed by atoms with van der Waals surface area (Å²) in [4.78, 5) is 0. The van der Waals surface area contributed by atoms with Crippen LogP contribution in [-0.4, -0.2) is 14.2 Å². The Labute approximate surface area is 133 Å². The average molecular weight is 328 g/mol. The van der Waals surface area contributed by atoms with Crippen molar-refractivity contribution in [2.45, 2.75) is 12.5 Å². The van der Waals surface area contributed by atoms with Crippen molar-refractivity contribution in [3.63, 3.8) is 0 Å². The minimum Gasteiger partial charge on any atom is -0.496 e. The van der Waals surface area contributed by atoms with E-state index in [-0.39, 0.29) is 11.9 Å². The normalized spacial score (nSPS) is 12.2. The summed E-state index contributed by atoms with van der Waals surface area (Å²) in [5.41, 5.74) is 1.43. The molecule has 112 valence electrons. The molecule has 0 bridgehead atoms. The van der Waals surface area contributed by atoms with Gasteiger partial charge in [-0.2, -0.15) is 0 Å². The van der Waals surface area contributed by atoms with Gasteiger partial charge in [-0.3, -0.25) is 0 Å². The monoisotopic (exact) mass is 327 g/mol. The zero-order chi connectivity index (χ0) is 15.4. The molecular formula is C16H16Cl2FNO. The lowest BCUT2D eigenvalue weighted by molar-refractivity contribution is 0.400. The van der Waals surface area contributed by atoms with Gasteiger partial charge in [-0.05, 0) is 55.4 Å². The summed E-state index contributed by atoms with van der Waals surface area (Å²) >= 11 is 12.0. The number of benzene rings is 2. The molecule has 0 saturated carbocycles. The van der Waals surface area contributed by atoms with Gasteiger partial charge in [0.05, 0.1) is 7.11 Å². The Bertz CT molecular complexity index is 634. The Balaban J connectivity index is 2.36. The number of ether oxygens (including phenoxy) is 1. The molecule has 2 aromatic carbocycles. The van der Waals surface area contributed by atoms with Crippen LogP contribution < -0.4 is 10.1 Å². The number of likely N-dealkylation sites (N-methyl/N-ethyl adjacent to an activating group) is 1. The topological polar surface area (TPSA) is 21.3 Å². The summed E-state index contributed by atoms with van der Waals surface area (Å²) in [6, 6.07) is 9.80. The molecule has 0 heterocycles. The third kappa shape index (κ3) is 3.88. The molecule has 1 N–H and O–H groups in total. The van der Waals surface area contributed by atoms with Crippen molar-refractivity contribution in [3.8, 4) is 5.75 Å². The lowest BCUT2D eigenvalue weighted by Crippen LogP contribution is -2.20. The van der Waals surface area contributed by atoms with E-state index in [2.05, 4.69) is 5.32 Å². The van der Waals surface area contributed by atoms with E-state index in [1.807, 2.05) is 13.1 Å². The number of hydrogen-bond donors (Lipinski definition) is 1. The highest BCUT2D eigenvalue weighted by molar-refractivity contribution is 6.31. The molecule has 0 radical (unpaired) electrons. The van der Waals surface area contributed by atoms with Gasteiger partial charge in [-0.1, -0.05) is 23.2 Å². The van der Waals surface area contributed by atoms with Gasteiger partial charge < -0.3 is 10.1 Å².